The summed E-state index contributed by atoms with van der Waals surface area (Å²) >= 11 is 2.93. The van der Waals surface area contributed by atoms with Crippen molar-refractivity contribution in [1.29, 1.82) is 0 Å². The maximum absolute atomic E-state index is 12.0. The average molecular weight is 401 g/mol. The molecule has 11 heteroatoms. The zero-order valence-electron chi connectivity index (χ0n) is 15.7. The van der Waals surface area contributed by atoms with Gasteiger partial charge in [0.25, 0.3) is 0 Å². The maximum atomic E-state index is 12.0. The normalized spacial score (nSPS) is 12.1. The summed E-state index contributed by atoms with van der Waals surface area (Å²) in [4.78, 5) is 16.3. The summed E-state index contributed by atoms with van der Waals surface area (Å²) in [5.41, 5.74) is -1.40. The number of amides is 1. The zero-order valence-corrected chi connectivity index (χ0v) is 17.4. The third-order valence-electron chi connectivity index (χ3n) is 2.89. The van der Waals surface area contributed by atoms with E-state index in [-0.39, 0.29) is 0 Å². The lowest BCUT2D eigenvalue weighted by Gasteiger charge is -2.26. The van der Waals surface area contributed by atoms with E-state index in [4.69, 9.17) is 9.26 Å². The van der Waals surface area contributed by atoms with Gasteiger partial charge >= 0.3 is 6.09 Å². The van der Waals surface area contributed by atoms with Gasteiger partial charge in [0, 0.05) is 6.54 Å². The highest BCUT2D eigenvalue weighted by molar-refractivity contribution is 8.00. The molecule has 0 spiro atoms. The highest BCUT2D eigenvalue weighted by atomic mass is 32.2. The van der Waals surface area contributed by atoms with E-state index in [0.29, 0.717) is 17.5 Å². The van der Waals surface area contributed by atoms with Crippen LogP contribution in [0.5, 0.6) is 0 Å². The molecule has 0 atom stereocenters. The minimum Gasteiger partial charge on any atom is -0.444 e. The van der Waals surface area contributed by atoms with Gasteiger partial charge in [-0.3, -0.25) is 0 Å². The third kappa shape index (κ3) is 6.13. The van der Waals surface area contributed by atoms with Crippen molar-refractivity contribution in [2.24, 2.45) is 0 Å². The topological polar surface area (TPSA) is 115 Å². The molecule has 2 N–H and O–H groups in total. The summed E-state index contributed by atoms with van der Waals surface area (Å²) in [5, 5.41) is 18.7. The Morgan fingerprint density at radius 2 is 2.00 bits per heavy atom. The second kappa shape index (κ2) is 8.21. The average Bonchev–Trinajstić information content (AvgIpc) is 3.12. The van der Waals surface area contributed by atoms with Crippen molar-refractivity contribution in [3.8, 4) is 0 Å². The molecule has 0 unspecified atom stereocenters. The number of ether oxygens (including phenoxy) is 1. The second-order valence-corrected chi connectivity index (χ2v) is 9.16. The predicted molar refractivity (Wildman–Crippen MR) is 100 cm³/mol. The van der Waals surface area contributed by atoms with E-state index in [1.807, 2.05) is 6.92 Å². The fourth-order valence-electron chi connectivity index (χ4n) is 1.80. The van der Waals surface area contributed by atoms with Crippen molar-refractivity contribution in [2.45, 2.75) is 62.8 Å². The van der Waals surface area contributed by atoms with E-state index in [2.05, 4.69) is 31.0 Å². The van der Waals surface area contributed by atoms with E-state index in [1.54, 1.807) is 34.6 Å². The number of nitrogens with zero attached hydrogens (tertiary/aromatic N) is 4. The second-order valence-electron chi connectivity index (χ2n) is 6.96. The molecule has 0 fully saturated rings. The van der Waals surface area contributed by atoms with Crippen LogP contribution in [0.25, 0.3) is 0 Å². The van der Waals surface area contributed by atoms with Gasteiger partial charge in [-0.2, -0.15) is 4.98 Å². The summed E-state index contributed by atoms with van der Waals surface area (Å²) in [6, 6.07) is 0. The molecule has 0 bridgehead atoms. The number of hydrogen-bond donors (Lipinski definition) is 2. The molecule has 0 aliphatic heterocycles. The Hall–Kier alpha value is -1.88. The minimum atomic E-state index is -0.824. The maximum Gasteiger partial charge on any atom is 0.408 e. The lowest BCUT2D eigenvalue weighted by atomic mass is 10.1. The molecule has 0 saturated heterocycles. The van der Waals surface area contributed by atoms with Crippen LogP contribution in [0.1, 0.15) is 53.3 Å². The molecule has 0 aromatic carbocycles. The Labute approximate surface area is 160 Å². The van der Waals surface area contributed by atoms with E-state index in [9.17, 15) is 4.79 Å². The number of carbonyl (C=O) groups is 1. The zero-order chi connectivity index (χ0) is 19.4. The van der Waals surface area contributed by atoms with Gasteiger partial charge in [-0.05, 0) is 41.5 Å². The van der Waals surface area contributed by atoms with Crippen LogP contribution < -0.4 is 10.6 Å². The minimum absolute atomic E-state index is 0.379. The van der Waals surface area contributed by atoms with Crippen molar-refractivity contribution >= 4 is 34.3 Å². The number of aromatic nitrogens is 4. The number of carbonyl (C=O) groups excluding carboxylic acids is 1. The monoisotopic (exact) mass is 400 g/mol. The summed E-state index contributed by atoms with van der Waals surface area (Å²) in [5.74, 6) is 1.30. The summed E-state index contributed by atoms with van der Waals surface area (Å²) in [7, 11) is 0. The van der Waals surface area contributed by atoms with Crippen LogP contribution in [-0.2, 0) is 16.0 Å². The van der Waals surface area contributed by atoms with E-state index >= 15 is 0 Å². The van der Waals surface area contributed by atoms with Crippen LogP contribution in [0.2, 0.25) is 0 Å². The van der Waals surface area contributed by atoms with Crippen molar-refractivity contribution in [2.75, 3.05) is 11.9 Å². The number of thioether (sulfide) groups is 1. The van der Waals surface area contributed by atoms with E-state index in [0.717, 1.165) is 16.0 Å². The molecule has 0 aliphatic carbocycles. The number of alkyl carbamates (subject to hydrolysis) is 1. The van der Waals surface area contributed by atoms with E-state index in [1.165, 1.54) is 23.1 Å². The van der Waals surface area contributed by atoms with E-state index < -0.39 is 17.2 Å². The Bertz CT molecular complexity index is 738. The lowest BCUT2D eigenvalue weighted by molar-refractivity contribution is 0.0465. The molecule has 2 rings (SSSR count). The van der Waals surface area contributed by atoms with Gasteiger partial charge in [-0.1, -0.05) is 28.3 Å². The van der Waals surface area contributed by atoms with Crippen molar-refractivity contribution < 1.29 is 14.1 Å². The first-order valence-electron chi connectivity index (χ1n) is 8.13. The highest BCUT2D eigenvalue weighted by Gasteiger charge is 2.31. The molecule has 2 aromatic heterocycles. The van der Waals surface area contributed by atoms with Crippen LogP contribution in [0, 0.1) is 0 Å². The Kier molecular flexibility index (Phi) is 6.45. The molecular weight excluding hydrogens is 376 g/mol. The van der Waals surface area contributed by atoms with Crippen LogP contribution in [0.15, 0.2) is 8.86 Å². The number of anilines is 1. The Morgan fingerprint density at radius 3 is 2.65 bits per heavy atom. The summed E-state index contributed by atoms with van der Waals surface area (Å²) in [6.07, 6.45) is -0.534. The molecular formula is C15H24N6O3S2. The van der Waals surface area contributed by atoms with Gasteiger partial charge in [0.2, 0.25) is 11.0 Å². The first kappa shape index (κ1) is 20.4. The van der Waals surface area contributed by atoms with Gasteiger partial charge in [0.1, 0.15) is 11.1 Å². The van der Waals surface area contributed by atoms with Crippen molar-refractivity contribution in [3.05, 3.63) is 11.7 Å². The van der Waals surface area contributed by atoms with Crippen LogP contribution >= 0.6 is 23.1 Å². The van der Waals surface area contributed by atoms with Crippen molar-refractivity contribution in [3.63, 3.8) is 0 Å². The van der Waals surface area contributed by atoms with Gasteiger partial charge in [0.05, 0.1) is 5.75 Å². The Morgan fingerprint density at radius 1 is 1.27 bits per heavy atom. The molecule has 26 heavy (non-hydrogen) atoms. The standard InChI is InChI=1S/C15H24N6O3S2/c1-7-16-11-19-20-13(26-11)25-8-9-17-10(21-24-9)15(5,6)18-12(22)23-14(2,3)4/h7-8H2,1-6H3,(H,16,19)(H,18,22). The quantitative estimate of drug-likeness (QED) is 0.674. The van der Waals surface area contributed by atoms with Crippen LogP contribution in [-0.4, -0.2) is 38.6 Å². The van der Waals surface area contributed by atoms with Gasteiger partial charge < -0.3 is 19.9 Å². The van der Waals surface area contributed by atoms with Crippen LogP contribution in [0.4, 0.5) is 9.93 Å². The fourth-order valence-corrected chi connectivity index (χ4v) is 3.45. The van der Waals surface area contributed by atoms with Crippen molar-refractivity contribution in [1.82, 2.24) is 25.7 Å². The lowest BCUT2D eigenvalue weighted by Crippen LogP contribution is -2.44. The summed E-state index contributed by atoms with van der Waals surface area (Å²) < 4.78 is 11.4. The molecule has 0 radical (unpaired) electrons. The summed E-state index contributed by atoms with van der Waals surface area (Å²) in [6.45, 7) is 11.8. The first-order valence-corrected chi connectivity index (χ1v) is 9.93. The molecule has 144 valence electrons. The number of hydrogen-bond acceptors (Lipinski definition) is 10. The third-order valence-corrected chi connectivity index (χ3v) is 4.89. The number of rotatable bonds is 7. The SMILES string of the molecule is CCNc1nnc(SCc2nc(C(C)(C)NC(=O)OC(C)(C)C)no2)s1. The van der Waals surface area contributed by atoms with Gasteiger partial charge in [0.15, 0.2) is 10.2 Å². The van der Waals surface area contributed by atoms with Crippen LogP contribution in [0.3, 0.4) is 0 Å². The molecule has 1 amide bonds. The smallest absolute Gasteiger partial charge is 0.408 e. The van der Waals surface area contributed by atoms with Gasteiger partial charge in [-0.15, -0.1) is 10.2 Å². The van der Waals surface area contributed by atoms with Gasteiger partial charge in [-0.25, -0.2) is 4.79 Å². The number of nitrogens with one attached hydrogen (secondary N) is 2. The molecule has 2 heterocycles. The Balaban J connectivity index is 1.93. The molecule has 0 saturated carbocycles. The largest absolute Gasteiger partial charge is 0.444 e. The molecule has 2 aromatic rings. The highest BCUT2D eigenvalue weighted by Crippen LogP contribution is 2.28. The predicted octanol–water partition coefficient (Wildman–Crippen LogP) is 3.41. The fraction of sp³-hybridized carbons (Fsp3) is 0.667. The molecule has 0 aliphatic rings. The molecule has 9 nitrogen and oxygen atoms in total. The first-order chi connectivity index (χ1) is 12.1.